The molecule has 0 amide bonds. The van der Waals surface area contributed by atoms with Gasteiger partial charge in [0, 0.05) is 7.05 Å². The molecule has 0 bridgehead atoms. The summed E-state index contributed by atoms with van der Waals surface area (Å²) in [6.07, 6.45) is 1.34. The van der Waals surface area contributed by atoms with Crippen LogP contribution in [0.1, 0.15) is 5.56 Å². The predicted octanol–water partition coefficient (Wildman–Crippen LogP) is 4.22. The summed E-state index contributed by atoms with van der Waals surface area (Å²) in [5.74, 6) is 1.59. The number of nitro groups is 1. The fraction of sp³-hybridized carbons (Fsp3) is 0.118. The summed E-state index contributed by atoms with van der Waals surface area (Å²) in [7, 11) is 1.63. The Kier molecular flexibility index (Phi) is 4.15. The van der Waals surface area contributed by atoms with Gasteiger partial charge in [-0.2, -0.15) is 0 Å². The Morgan fingerprint density at radius 1 is 0.958 bits per heavy atom. The van der Waals surface area contributed by atoms with E-state index in [0.29, 0.717) is 11.5 Å². The van der Waals surface area contributed by atoms with Crippen LogP contribution in [0, 0.1) is 17.0 Å². The summed E-state index contributed by atoms with van der Waals surface area (Å²) in [6, 6.07) is 14.5. The number of ether oxygens (including phenoxy) is 2. The van der Waals surface area contributed by atoms with Crippen molar-refractivity contribution in [2.45, 2.75) is 6.92 Å². The standard InChI is InChI=1S/C17H15N3O4/c1-12-3-5-13(6-4-12)23-14-7-9-15(10-8-14)24-17-16(20(21)22)18-11-19(17)2/h3-11H,1-2H3. The molecule has 0 atom stereocenters. The summed E-state index contributed by atoms with van der Waals surface area (Å²) in [4.78, 5) is 14.1. The lowest BCUT2D eigenvalue weighted by atomic mass is 10.2. The van der Waals surface area contributed by atoms with Gasteiger partial charge < -0.3 is 19.6 Å². The second kappa shape index (κ2) is 6.41. The molecule has 1 aromatic heterocycles. The van der Waals surface area contributed by atoms with Crippen molar-refractivity contribution in [2.24, 2.45) is 7.05 Å². The van der Waals surface area contributed by atoms with Gasteiger partial charge in [-0.25, -0.2) is 0 Å². The van der Waals surface area contributed by atoms with Crippen molar-refractivity contribution in [3.05, 3.63) is 70.5 Å². The van der Waals surface area contributed by atoms with Crippen LogP contribution < -0.4 is 9.47 Å². The third kappa shape index (κ3) is 3.35. The lowest BCUT2D eigenvalue weighted by Crippen LogP contribution is -1.96. The Morgan fingerprint density at radius 3 is 2.00 bits per heavy atom. The fourth-order valence-corrected chi connectivity index (χ4v) is 2.08. The lowest BCUT2D eigenvalue weighted by molar-refractivity contribution is -0.390. The molecule has 0 N–H and O–H groups in total. The molecule has 0 unspecified atom stereocenters. The number of hydrogen-bond acceptors (Lipinski definition) is 5. The van der Waals surface area contributed by atoms with E-state index in [2.05, 4.69) is 4.98 Å². The Balaban J connectivity index is 1.74. The summed E-state index contributed by atoms with van der Waals surface area (Å²) in [5, 5.41) is 10.9. The molecule has 0 spiro atoms. The molecular weight excluding hydrogens is 310 g/mol. The van der Waals surface area contributed by atoms with E-state index in [4.69, 9.17) is 9.47 Å². The first-order valence-corrected chi connectivity index (χ1v) is 7.21. The third-order valence-electron chi connectivity index (χ3n) is 3.33. The molecular formula is C17H15N3O4. The Hall–Kier alpha value is -3.35. The number of hydrogen-bond donors (Lipinski definition) is 0. The molecule has 122 valence electrons. The van der Waals surface area contributed by atoms with E-state index in [1.165, 1.54) is 10.9 Å². The molecule has 2 aromatic carbocycles. The average Bonchev–Trinajstić information content (AvgIpc) is 2.93. The zero-order valence-corrected chi connectivity index (χ0v) is 13.2. The van der Waals surface area contributed by atoms with Crippen LogP contribution in [0.2, 0.25) is 0 Å². The third-order valence-corrected chi connectivity index (χ3v) is 3.33. The number of nitrogens with zero attached hydrogens (tertiary/aromatic N) is 3. The van der Waals surface area contributed by atoms with Gasteiger partial charge in [0.05, 0.1) is 0 Å². The van der Waals surface area contributed by atoms with E-state index in [0.717, 1.165) is 11.3 Å². The van der Waals surface area contributed by atoms with Crippen molar-refractivity contribution in [1.82, 2.24) is 9.55 Å². The monoisotopic (exact) mass is 325 g/mol. The van der Waals surface area contributed by atoms with Crippen molar-refractivity contribution in [3.63, 3.8) is 0 Å². The van der Waals surface area contributed by atoms with E-state index in [-0.39, 0.29) is 11.7 Å². The van der Waals surface area contributed by atoms with Gasteiger partial charge in [-0.15, -0.1) is 0 Å². The minimum absolute atomic E-state index is 0.0761. The highest BCUT2D eigenvalue weighted by atomic mass is 16.6. The van der Waals surface area contributed by atoms with Gasteiger partial charge in [-0.1, -0.05) is 17.7 Å². The van der Waals surface area contributed by atoms with Gasteiger partial charge in [0.1, 0.15) is 17.2 Å². The van der Waals surface area contributed by atoms with Crippen LogP contribution in [-0.4, -0.2) is 14.5 Å². The Morgan fingerprint density at radius 2 is 1.46 bits per heavy atom. The van der Waals surface area contributed by atoms with Crippen LogP contribution in [0.3, 0.4) is 0 Å². The average molecular weight is 325 g/mol. The van der Waals surface area contributed by atoms with Crippen LogP contribution in [0.15, 0.2) is 54.9 Å². The van der Waals surface area contributed by atoms with Crippen LogP contribution in [-0.2, 0) is 7.05 Å². The van der Waals surface area contributed by atoms with Crippen molar-refractivity contribution < 1.29 is 14.4 Å². The summed E-state index contributed by atoms with van der Waals surface area (Å²) in [6.45, 7) is 2.01. The topological polar surface area (TPSA) is 79.4 Å². The second-order valence-electron chi connectivity index (χ2n) is 5.23. The van der Waals surface area contributed by atoms with E-state index < -0.39 is 4.92 Å². The largest absolute Gasteiger partial charge is 0.457 e. The SMILES string of the molecule is Cc1ccc(Oc2ccc(Oc3c([N+](=O)[O-])ncn3C)cc2)cc1. The molecule has 7 heteroatoms. The highest BCUT2D eigenvalue weighted by Gasteiger charge is 2.22. The maximum Gasteiger partial charge on any atom is 0.427 e. The summed E-state index contributed by atoms with van der Waals surface area (Å²) < 4.78 is 12.7. The Labute approximate surface area is 138 Å². The van der Waals surface area contributed by atoms with E-state index >= 15 is 0 Å². The quantitative estimate of drug-likeness (QED) is 0.518. The predicted molar refractivity (Wildman–Crippen MR) is 87.6 cm³/mol. The maximum absolute atomic E-state index is 10.9. The van der Waals surface area contributed by atoms with Crippen molar-refractivity contribution in [1.29, 1.82) is 0 Å². The van der Waals surface area contributed by atoms with Gasteiger partial charge >= 0.3 is 11.7 Å². The highest BCUT2D eigenvalue weighted by molar-refractivity contribution is 5.41. The van der Waals surface area contributed by atoms with Crippen molar-refractivity contribution >= 4 is 5.82 Å². The minimum Gasteiger partial charge on any atom is -0.457 e. The number of benzene rings is 2. The molecule has 3 aromatic rings. The van der Waals surface area contributed by atoms with Crippen LogP contribution in [0.25, 0.3) is 0 Å². The minimum atomic E-state index is -0.579. The summed E-state index contributed by atoms with van der Waals surface area (Å²) in [5.41, 5.74) is 1.16. The Bertz CT molecular complexity index is 855. The first-order chi connectivity index (χ1) is 11.5. The van der Waals surface area contributed by atoms with Crippen molar-refractivity contribution in [2.75, 3.05) is 0 Å². The van der Waals surface area contributed by atoms with Crippen LogP contribution in [0.4, 0.5) is 5.82 Å². The molecule has 0 radical (unpaired) electrons. The molecule has 0 aliphatic rings. The number of aromatic nitrogens is 2. The van der Waals surface area contributed by atoms with Gasteiger partial charge in [0.2, 0.25) is 6.33 Å². The number of rotatable bonds is 5. The van der Waals surface area contributed by atoms with Gasteiger partial charge in [0.25, 0.3) is 0 Å². The van der Waals surface area contributed by atoms with Crippen molar-refractivity contribution in [3.8, 4) is 23.1 Å². The number of aryl methyl sites for hydroxylation is 2. The number of imidazole rings is 1. The first-order valence-electron chi connectivity index (χ1n) is 7.21. The smallest absolute Gasteiger partial charge is 0.427 e. The fourth-order valence-electron chi connectivity index (χ4n) is 2.08. The molecule has 0 aliphatic carbocycles. The van der Waals surface area contributed by atoms with E-state index in [9.17, 15) is 10.1 Å². The zero-order valence-electron chi connectivity index (χ0n) is 13.2. The highest BCUT2D eigenvalue weighted by Crippen LogP contribution is 2.31. The van der Waals surface area contributed by atoms with Crippen LogP contribution in [0.5, 0.6) is 23.1 Å². The molecule has 0 aliphatic heterocycles. The second-order valence-corrected chi connectivity index (χ2v) is 5.23. The van der Waals surface area contributed by atoms with E-state index in [1.807, 2.05) is 31.2 Å². The van der Waals surface area contributed by atoms with Gasteiger partial charge in [-0.05, 0) is 53.2 Å². The van der Waals surface area contributed by atoms with Gasteiger partial charge in [-0.3, -0.25) is 4.57 Å². The zero-order chi connectivity index (χ0) is 17.1. The molecule has 7 nitrogen and oxygen atoms in total. The molecule has 0 saturated heterocycles. The molecule has 1 heterocycles. The van der Waals surface area contributed by atoms with Crippen LogP contribution >= 0.6 is 0 Å². The molecule has 24 heavy (non-hydrogen) atoms. The maximum atomic E-state index is 10.9. The molecule has 0 fully saturated rings. The van der Waals surface area contributed by atoms with E-state index in [1.54, 1.807) is 31.3 Å². The molecule has 0 saturated carbocycles. The normalized spacial score (nSPS) is 10.4. The lowest BCUT2D eigenvalue weighted by Gasteiger charge is -2.08. The first kappa shape index (κ1) is 15.5. The van der Waals surface area contributed by atoms with Gasteiger partial charge in [0.15, 0.2) is 0 Å². The molecule has 3 rings (SSSR count). The summed E-state index contributed by atoms with van der Waals surface area (Å²) >= 11 is 0.